The summed E-state index contributed by atoms with van der Waals surface area (Å²) in [5.74, 6) is 0.219. The summed E-state index contributed by atoms with van der Waals surface area (Å²) in [7, 11) is 1.90. The first-order valence-corrected chi connectivity index (χ1v) is 4.57. The molecule has 0 bridgehead atoms. The highest BCUT2D eigenvalue weighted by Gasteiger charge is 2.01. The van der Waals surface area contributed by atoms with E-state index < -0.39 is 0 Å². The van der Waals surface area contributed by atoms with Gasteiger partial charge in [0, 0.05) is 19.0 Å². The molecule has 0 aliphatic heterocycles. The number of ketones is 1. The second-order valence-electron chi connectivity index (χ2n) is 3.45. The number of rotatable bonds is 6. The third-order valence-electron chi connectivity index (χ3n) is 1.75. The smallest absolute Gasteiger partial charge is 0.157 e. The quantitative estimate of drug-likeness (QED) is 0.619. The second-order valence-corrected chi connectivity index (χ2v) is 3.45. The molecule has 0 fully saturated rings. The van der Waals surface area contributed by atoms with Gasteiger partial charge in [0.15, 0.2) is 5.78 Å². The minimum absolute atomic E-state index is 0.0689. The predicted octanol–water partition coefficient (Wildman–Crippen LogP) is 0.692. The summed E-state index contributed by atoms with van der Waals surface area (Å²) in [4.78, 5) is 13.1. The summed E-state index contributed by atoms with van der Waals surface area (Å²) in [5, 5.41) is 8.60. The zero-order chi connectivity index (χ0) is 10.3. The Hall–Kier alpha value is -0.670. The number of allylic oxidation sites excluding steroid dienone is 1. The van der Waals surface area contributed by atoms with Crippen LogP contribution in [-0.4, -0.2) is 42.5 Å². The lowest BCUT2D eigenvalue weighted by Crippen LogP contribution is -2.22. The van der Waals surface area contributed by atoms with Crippen molar-refractivity contribution >= 4 is 5.78 Å². The summed E-state index contributed by atoms with van der Waals surface area (Å²) in [6.07, 6.45) is 3.44. The van der Waals surface area contributed by atoms with Gasteiger partial charge in [-0.05, 0) is 13.1 Å². The fraction of sp³-hybridized carbons (Fsp3) is 0.700. The first-order chi connectivity index (χ1) is 6.07. The summed E-state index contributed by atoms with van der Waals surface area (Å²) >= 11 is 0. The van der Waals surface area contributed by atoms with Crippen LogP contribution >= 0.6 is 0 Å². The van der Waals surface area contributed by atoms with Crippen molar-refractivity contribution in [3.05, 3.63) is 12.2 Å². The first-order valence-electron chi connectivity index (χ1n) is 4.57. The average molecular weight is 185 g/mol. The predicted molar refractivity (Wildman–Crippen MR) is 53.6 cm³/mol. The molecule has 13 heavy (non-hydrogen) atoms. The van der Waals surface area contributed by atoms with Crippen LogP contribution in [0.4, 0.5) is 0 Å². The van der Waals surface area contributed by atoms with Gasteiger partial charge in [-0.3, -0.25) is 4.79 Å². The van der Waals surface area contributed by atoms with Gasteiger partial charge >= 0.3 is 0 Å². The van der Waals surface area contributed by atoms with Gasteiger partial charge in [0.1, 0.15) is 0 Å². The molecule has 3 nitrogen and oxygen atoms in total. The van der Waals surface area contributed by atoms with Gasteiger partial charge in [0.05, 0.1) is 6.61 Å². The zero-order valence-electron chi connectivity index (χ0n) is 8.66. The van der Waals surface area contributed by atoms with Gasteiger partial charge in [-0.1, -0.05) is 19.9 Å². The van der Waals surface area contributed by atoms with E-state index in [-0.39, 0.29) is 18.3 Å². The van der Waals surface area contributed by atoms with Crippen molar-refractivity contribution in [2.24, 2.45) is 5.92 Å². The van der Waals surface area contributed by atoms with E-state index in [0.29, 0.717) is 13.1 Å². The van der Waals surface area contributed by atoms with E-state index in [4.69, 9.17) is 5.11 Å². The Labute approximate surface area is 80.0 Å². The van der Waals surface area contributed by atoms with Crippen LogP contribution in [-0.2, 0) is 4.79 Å². The third-order valence-corrected chi connectivity index (χ3v) is 1.75. The topological polar surface area (TPSA) is 40.5 Å². The van der Waals surface area contributed by atoms with Crippen molar-refractivity contribution in [1.82, 2.24) is 4.90 Å². The number of aliphatic hydroxyl groups excluding tert-OH is 1. The van der Waals surface area contributed by atoms with Crippen LogP contribution in [0.5, 0.6) is 0 Å². The maximum absolute atomic E-state index is 11.1. The Morgan fingerprint density at radius 2 is 2.15 bits per heavy atom. The minimum atomic E-state index is 0.0689. The molecule has 76 valence electrons. The van der Waals surface area contributed by atoms with Gasteiger partial charge in [-0.15, -0.1) is 0 Å². The Balaban J connectivity index is 3.68. The van der Waals surface area contributed by atoms with Crippen LogP contribution in [0.25, 0.3) is 0 Å². The summed E-state index contributed by atoms with van der Waals surface area (Å²) in [5.41, 5.74) is 0. The lowest BCUT2D eigenvalue weighted by Gasteiger charge is -2.11. The van der Waals surface area contributed by atoms with E-state index in [0.717, 1.165) is 0 Å². The maximum atomic E-state index is 11.1. The number of hydrogen-bond acceptors (Lipinski definition) is 3. The summed E-state index contributed by atoms with van der Waals surface area (Å²) < 4.78 is 0. The molecule has 0 aliphatic rings. The molecular weight excluding hydrogens is 166 g/mol. The number of likely N-dealkylation sites (N-methyl/N-ethyl adjacent to an activating group) is 1. The number of aliphatic hydroxyl groups is 1. The van der Waals surface area contributed by atoms with Gasteiger partial charge < -0.3 is 10.0 Å². The van der Waals surface area contributed by atoms with Crippen LogP contribution < -0.4 is 0 Å². The number of nitrogens with zero attached hydrogens (tertiary/aromatic N) is 1. The van der Waals surface area contributed by atoms with E-state index in [9.17, 15) is 4.79 Å². The van der Waals surface area contributed by atoms with Crippen LogP contribution in [0.1, 0.15) is 13.8 Å². The zero-order valence-corrected chi connectivity index (χ0v) is 8.66. The molecule has 0 saturated heterocycles. The molecule has 0 saturated carbocycles. The van der Waals surface area contributed by atoms with Crippen molar-refractivity contribution in [2.75, 3.05) is 26.7 Å². The molecule has 0 amide bonds. The largest absolute Gasteiger partial charge is 0.395 e. The molecule has 0 unspecified atom stereocenters. The van der Waals surface area contributed by atoms with Crippen molar-refractivity contribution in [3.63, 3.8) is 0 Å². The monoisotopic (exact) mass is 185 g/mol. The van der Waals surface area contributed by atoms with Crippen molar-refractivity contribution in [3.8, 4) is 0 Å². The van der Waals surface area contributed by atoms with E-state index in [2.05, 4.69) is 0 Å². The van der Waals surface area contributed by atoms with Crippen LogP contribution in [0, 0.1) is 5.92 Å². The number of carbonyl (C=O) groups excluding carboxylic acids is 1. The Morgan fingerprint density at radius 3 is 2.62 bits per heavy atom. The molecular formula is C10H19NO2. The Bertz CT molecular complexity index is 176. The summed E-state index contributed by atoms with van der Waals surface area (Å²) in [6, 6.07) is 0. The van der Waals surface area contributed by atoms with Gasteiger partial charge in [-0.25, -0.2) is 0 Å². The molecule has 0 radical (unpaired) electrons. The lowest BCUT2D eigenvalue weighted by atomic mass is 10.1. The molecule has 0 heterocycles. The molecule has 0 aromatic carbocycles. The molecule has 0 atom stereocenters. The molecule has 1 N–H and O–H groups in total. The maximum Gasteiger partial charge on any atom is 0.157 e. The normalized spacial score (nSPS) is 11.8. The summed E-state index contributed by atoms with van der Waals surface area (Å²) in [6.45, 7) is 5.26. The van der Waals surface area contributed by atoms with Crippen LogP contribution in [0.2, 0.25) is 0 Å². The average Bonchev–Trinajstić information content (AvgIpc) is 2.04. The molecule has 0 aromatic rings. The van der Waals surface area contributed by atoms with Crippen molar-refractivity contribution < 1.29 is 9.90 Å². The third kappa shape index (κ3) is 6.49. The van der Waals surface area contributed by atoms with Crippen molar-refractivity contribution in [2.45, 2.75) is 13.8 Å². The van der Waals surface area contributed by atoms with E-state index in [1.165, 1.54) is 0 Å². The number of hydrogen-bond donors (Lipinski definition) is 1. The van der Waals surface area contributed by atoms with Crippen LogP contribution in [0.15, 0.2) is 12.2 Å². The highest BCUT2D eigenvalue weighted by atomic mass is 16.3. The first kappa shape index (κ1) is 12.3. The lowest BCUT2D eigenvalue weighted by molar-refractivity contribution is -0.117. The van der Waals surface area contributed by atoms with E-state index >= 15 is 0 Å². The van der Waals surface area contributed by atoms with Gasteiger partial charge in [0.25, 0.3) is 0 Å². The molecule has 0 spiro atoms. The van der Waals surface area contributed by atoms with E-state index in [1.807, 2.05) is 31.9 Å². The Morgan fingerprint density at radius 1 is 1.54 bits per heavy atom. The highest BCUT2D eigenvalue weighted by Crippen LogP contribution is 1.95. The van der Waals surface area contributed by atoms with Crippen molar-refractivity contribution in [1.29, 1.82) is 0 Å². The minimum Gasteiger partial charge on any atom is -0.395 e. The SMILES string of the molecule is CC(C)C(=O)/C=C/CN(C)CCO. The molecule has 3 heteroatoms. The van der Waals surface area contributed by atoms with Gasteiger partial charge in [0.2, 0.25) is 0 Å². The standard InChI is InChI=1S/C10H19NO2/c1-9(2)10(13)5-4-6-11(3)7-8-12/h4-5,9,12H,6-8H2,1-3H3/b5-4+. The van der Waals surface area contributed by atoms with Crippen LogP contribution in [0.3, 0.4) is 0 Å². The highest BCUT2D eigenvalue weighted by molar-refractivity contribution is 5.91. The fourth-order valence-electron chi connectivity index (χ4n) is 0.803. The Kier molecular flexibility index (Phi) is 6.45. The second kappa shape index (κ2) is 6.80. The molecule has 0 rings (SSSR count). The molecule has 0 aliphatic carbocycles. The fourth-order valence-corrected chi connectivity index (χ4v) is 0.803. The molecule has 0 aromatic heterocycles. The van der Waals surface area contributed by atoms with E-state index in [1.54, 1.807) is 6.08 Å². The number of carbonyl (C=O) groups is 1. The van der Waals surface area contributed by atoms with Gasteiger partial charge in [-0.2, -0.15) is 0 Å².